The van der Waals surface area contributed by atoms with E-state index >= 15 is 0 Å². The van der Waals surface area contributed by atoms with Crippen molar-refractivity contribution in [2.24, 2.45) is 0 Å². The molecule has 1 aliphatic carbocycles. The van der Waals surface area contributed by atoms with E-state index < -0.39 is 0 Å². The first-order valence-electron chi connectivity index (χ1n) is 8.14. The second-order valence-corrected chi connectivity index (χ2v) is 8.14. The van der Waals surface area contributed by atoms with Crippen LogP contribution in [0, 0.1) is 0 Å². The van der Waals surface area contributed by atoms with Crippen LogP contribution in [0.3, 0.4) is 0 Å². The van der Waals surface area contributed by atoms with Crippen LogP contribution in [0.2, 0.25) is 0 Å². The van der Waals surface area contributed by atoms with Gasteiger partial charge in [-0.2, -0.15) is 0 Å². The molecular weight excluding hydrogens is 348 g/mol. The third-order valence-corrected chi connectivity index (χ3v) is 6.66. The average molecular weight is 367 g/mol. The van der Waals surface area contributed by atoms with Gasteiger partial charge in [0.15, 0.2) is 0 Å². The number of carbonyl (C=O) groups excluding carboxylic acids is 1. The van der Waals surface area contributed by atoms with Crippen LogP contribution in [-0.4, -0.2) is 23.0 Å². The first-order chi connectivity index (χ1) is 12.2. The fourth-order valence-corrected chi connectivity index (χ4v) is 5.19. The molecule has 0 saturated carbocycles. The maximum atomic E-state index is 13.1. The molecule has 5 heteroatoms. The van der Waals surface area contributed by atoms with Crippen LogP contribution in [0.25, 0.3) is 0 Å². The highest BCUT2D eigenvalue weighted by Crippen LogP contribution is 2.43. The predicted molar refractivity (Wildman–Crippen MR) is 107 cm³/mol. The topological polar surface area (TPSA) is 46.3 Å². The van der Waals surface area contributed by atoms with Gasteiger partial charge >= 0.3 is 0 Å². The summed E-state index contributed by atoms with van der Waals surface area (Å²) in [5.74, 6) is 0.476. The van der Waals surface area contributed by atoms with Gasteiger partial charge in [-0.05, 0) is 24.3 Å². The lowest BCUT2D eigenvalue weighted by Gasteiger charge is -2.40. The second kappa shape index (κ2) is 7.02. The first kappa shape index (κ1) is 16.4. The molecule has 2 aliphatic rings. The number of nitrogen functional groups attached to an aromatic ring is 1. The number of carbonyl (C=O) groups is 1. The Morgan fingerprint density at radius 3 is 2.72 bits per heavy atom. The van der Waals surface area contributed by atoms with Gasteiger partial charge in [-0.3, -0.25) is 4.79 Å². The number of fused-ring (bicyclic) bond motifs is 2. The summed E-state index contributed by atoms with van der Waals surface area (Å²) >= 11 is 3.32. The van der Waals surface area contributed by atoms with Gasteiger partial charge < -0.3 is 10.6 Å². The molecular formula is C20H18N2OS2. The van der Waals surface area contributed by atoms with E-state index in [1.54, 1.807) is 0 Å². The van der Waals surface area contributed by atoms with Crippen molar-refractivity contribution >= 4 is 40.8 Å². The minimum atomic E-state index is 0.0612. The molecule has 126 valence electrons. The molecule has 0 fully saturated rings. The Morgan fingerprint density at radius 2 is 1.84 bits per heavy atom. The highest BCUT2D eigenvalue weighted by molar-refractivity contribution is 8.00. The number of hydrogen-bond acceptors (Lipinski definition) is 4. The van der Waals surface area contributed by atoms with Crippen molar-refractivity contribution in [2.45, 2.75) is 21.1 Å². The minimum absolute atomic E-state index is 0.0612. The summed E-state index contributed by atoms with van der Waals surface area (Å²) in [4.78, 5) is 17.1. The van der Waals surface area contributed by atoms with Crippen LogP contribution in [0.4, 0.5) is 11.4 Å². The Kier molecular flexibility index (Phi) is 4.59. The number of nitrogens with zero attached hydrogens (tertiary/aromatic N) is 1. The molecule has 25 heavy (non-hydrogen) atoms. The number of allylic oxidation sites excluding steroid dienone is 2. The lowest BCUT2D eigenvalue weighted by atomic mass is 10.0. The molecule has 2 atom stereocenters. The fourth-order valence-electron chi connectivity index (χ4n) is 3.10. The Labute approximate surface area is 156 Å². The van der Waals surface area contributed by atoms with E-state index in [1.807, 2.05) is 65.2 Å². The van der Waals surface area contributed by atoms with Crippen molar-refractivity contribution in [3.63, 3.8) is 0 Å². The van der Waals surface area contributed by atoms with Crippen LogP contribution in [-0.2, 0) is 4.79 Å². The molecule has 1 amide bonds. The summed E-state index contributed by atoms with van der Waals surface area (Å²) < 4.78 is 0. The summed E-state index contributed by atoms with van der Waals surface area (Å²) in [6.45, 7) is 0. The van der Waals surface area contributed by atoms with Crippen molar-refractivity contribution < 1.29 is 4.79 Å². The van der Waals surface area contributed by atoms with E-state index in [0.29, 0.717) is 11.4 Å². The van der Waals surface area contributed by atoms with Gasteiger partial charge in [0.2, 0.25) is 5.91 Å². The van der Waals surface area contributed by atoms with Crippen LogP contribution in [0.1, 0.15) is 0 Å². The molecule has 1 heterocycles. The summed E-state index contributed by atoms with van der Waals surface area (Å²) in [6.07, 6.45) is 8.38. The Bertz CT molecular complexity index is 862. The lowest BCUT2D eigenvalue weighted by molar-refractivity contribution is -0.116. The van der Waals surface area contributed by atoms with Crippen molar-refractivity contribution in [2.75, 3.05) is 16.4 Å². The SMILES string of the molecule is Nc1ccccc1SCC(=O)N1c2ccccc2S[C@@H]2C=CC=C[C@@H]21. The van der Waals surface area contributed by atoms with Crippen molar-refractivity contribution in [3.8, 4) is 0 Å². The van der Waals surface area contributed by atoms with E-state index in [4.69, 9.17) is 5.73 Å². The molecule has 2 aromatic rings. The zero-order valence-electron chi connectivity index (χ0n) is 13.5. The molecule has 2 aromatic carbocycles. The van der Waals surface area contributed by atoms with E-state index in [-0.39, 0.29) is 17.2 Å². The van der Waals surface area contributed by atoms with Crippen molar-refractivity contribution in [1.29, 1.82) is 0 Å². The molecule has 3 nitrogen and oxygen atoms in total. The van der Waals surface area contributed by atoms with Crippen LogP contribution in [0.15, 0.2) is 82.6 Å². The van der Waals surface area contributed by atoms with Crippen LogP contribution >= 0.6 is 23.5 Å². The fraction of sp³-hybridized carbons (Fsp3) is 0.150. The van der Waals surface area contributed by atoms with Crippen molar-refractivity contribution in [1.82, 2.24) is 0 Å². The highest BCUT2D eigenvalue weighted by Gasteiger charge is 2.36. The van der Waals surface area contributed by atoms with E-state index in [9.17, 15) is 4.79 Å². The standard InChI is InChI=1S/C20H18N2OS2/c21-14-7-1-4-10-17(14)24-13-20(23)22-15-8-2-5-11-18(15)25-19-12-6-3-9-16(19)22/h1-12,15,18H,13,21H2/t15-,18+/m0/s1. The van der Waals surface area contributed by atoms with E-state index in [2.05, 4.69) is 24.3 Å². The maximum Gasteiger partial charge on any atom is 0.237 e. The smallest absolute Gasteiger partial charge is 0.237 e. The monoisotopic (exact) mass is 366 g/mol. The molecule has 2 N–H and O–H groups in total. The number of hydrogen-bond donors (Lipinski definition) is 1. The summed E-state index contributed by atoms with van der Waals surface area (Å²) in [5.41, 5.74) is 7.71. The Hall–Kier alpha value is -2.11. The molecule has 0 unspecified atom stereocenters. The molecule has 0 spiro atoms. The maximum absolute atomic E-state index is 13.1. The van der Waals surface area contributed by atoms with Crippen LogP contribution in [0.5, 0.6) is 0 Å². The number of anilines is 2. The number of nitrogens with two attached hydrogens (primary N) is 1. The molecule has 0 bridgehead atoms. The second-order valence-electron chi connectivity index (χ2n) is 5.90. The number of para-hydroxylation sites is 2. The first-order valence-corrected chi connectivity index (χ1v) is 10.0. The van der Waals surface area contributed by atoms with Gasteiger partial charge in [-0.25, -0.2) is 0 Å². The lowest BCUT2D eigenvalue weighted by Crippen LogP contribution is -2.48. The number of amides is 1. The van der Waals surface area contributed by atoms with Gasteiger partial charge in [-0.1, -0.05) is 48.6 Å². The molecule has 0 aromatic heterocycles. The molecule has 0 saturated heterocycles. The predicted octanol–water partition coefficient (Wildman–Crippen LogP) is 4.36. The number of benzene rings is 2. The highest BCUT2D eigenvalue weighted by atomic mass is 32.2. The summed E-state index contributed by atoms with van der Waals surface area (Å²) in [7, 11) is 0. The van der Waals surface area contributed by atoms with E-state index in [0.717, 1.165) is 15.5 Å². The summed E-state index contributed by atoms with van der Waals surface area (Å²) in [5, 5.41) is 0.260. The molecule has 1 aliphatic heterocycles. The average Bonchev–Trinajstić information content (AvgIpc) is 2.65. The van der Waals surface area contributed by atoms with Crippen molar-refractivity contribution in [3.05, 3.63) is 72.8 Å². The quantitative estimate of drug-likeness (QED) is 0.647. The normalized spacial score (nSPS) is 20.9. The largest absolute Gasteiger partial charge is 0.398 e. The number of rotatable bonds is 3. The molecule has 4 rings (SSSR count). The van der Waals surface area contributed by atoms with Gasteiger partial charge in [0.1, 0.15) is 0 Å². The van der Waals surface area contributed by atoms with Crippen LogP contribution < -0.4 is 10.6 Å². The zero-order valence-corrected chi connectivity index (χ0v) is 15.2. The zero-order chi connectivity index (χ0) is 17.2. The van der Waals surface area contributed by atoms with Gasteiger partial charge in [0.25, 0.3) is 0 Å². The van der Waals surface area contributed by atoms with Gasteiger partial charge in [0, 0.05) is 15.5 Å². The molecule has 0 radical (unpaired) electrons. The Balaban J connectivity index is 1.60. The van der Waals surface area contributed by atoms with Gasteiger partial charge in [0.05, 0.1) is 22.7 Å². The number of thioether (sulfide) groups is 2. The summed E-state index contributed by atoms with van der Waals surface area (Å²) in [6, 6.07) is 15.9. The third kappa shape index (κ3) is 3.22. The minimum Gasteiger partial charge on any atom is -0.398 e. The van der Waals surface area contributed by atoms with Gasteiger partial charge in [-0.15, -0.1) is 23.5 Å². The Morgan fingerprint density at radius 1 is 1.08 bits per heavy atom. The third-order valence-electron chi connectivity index (χ3n) is 4.28. The van der Waals surface area contributed by atoms with E-state index in [1.165, 1.54) is 11.8 Å².